The van der Waals surface area contributed by atoms with Crippen molar-refractivity contribution in [3.63, 3.8) is 0 Å². The van der Waals surface area contributed by atoms with Crippen molar-refractivity contribution in [2.75, 3.05) is 19.6 Å². The zero-order valence-electron chi connectivity index (χ0n) is 10.1. The van der Waals surface area contributed by atoms with Gasteiger partial charge in [0.25, 0.3) is 0 Å². The molecule has 0 aromatic heterocycles. The molecule has 3 N–H and O–H groups in total. The highest BCUT2D eigenvalue weighted by Gasteiger charge is 2.35. The molecule has 0 aliphatic carbocycles. The Morgan fingerprint density at radius 2 is 2.12 bits per heavy atom. The van der Waals surface area contributed by atoms with Gasteiger partial charge in [0.2, 0.25) is 11.8 Å². The maximum absolute atomic E-state index is 11.8. The van der Waals surface area contributed by atoms with Gasteiger partial charge in [-0.05, 0) is 33.2 Å². The van der Waals surface area contributed by atoms with Crippen LogP contribution in [-0.2, 0) is 9.59 Å². The quantitative estimate of drug-likeness (QED) is 0.607. The number of carbonyl (C=O) groups is 2. The van der Waals surface area contributed by atoms with E-state index in [-0.39, 0.29) is 11.8 Å². The molecule has 5 heteroatoms. The highest BCUT2D eigenvalue weighted by Crippen LogP contribution is 2.18. The molecule has 1 fully saturated rings. The van der Waals surface area contributed by atoms with Crippen LogP contribution in [0.5, 0.6) is 0 Å². The van der Waals surface area contributed by atoms with Crippen LogP contribution in [-0.4, -0.2) is 37.0 Å². The van der Waals surface area contributed by atoms with Crippen molar-refractivity contribution >= 4 is 11.8 Å². The van der Waals surface area contributed by atoms with Crippen molar-refractivity contribution in [2.45, 2.75) is 38.6 Å². The Bertz CT molecular complexity index is 260. The highest BCUT2D eigenvalue weighted by atomic mass is 16.2. The number of rotatable bonds is 5. The van der Waals surface area contributed by atoms with Crippen molar-refractivity contribution in [3.8, 4) is 0 Å². The largest absolute Gasteiger partial charge is 0.356 e. The molecule has 92 valence electrons. The number of hydrogen-bond donors (Lipinski definition) is 3. The van der Waals surface area contributed by atoms with E-state index in [9.17, 15) is 9.59 Å². The SMILES string of the molecule is CCNC(=O)CCNC(=O)C1(C)CCCN1. The Balaban J connectivity index is 2.22. The lowest BCUT2D eigenvalue weighted by atomic mass is 9.99. The first kappa shape index (κ1) is 13.0. The molecule has 1 saturated heterocycles. The molecule has 1 heterocycles. The molecule has 16 heavy (non-hydrogen) atoms. The lowest BCUT2D eigenvalue weighted by Crippen LogP contribution is -2.51. The molecule has 0 saturated carbocycles. The van der Waals surface area contributed by atoms with Gasteiger partial charge in [0.15, 0.2) is 0 Å². The van der Waals surface area contributed by atoms with Crippen molar-refractivity contribution < 1.29 is 9.59 Å². The van der Waals surface area contributed by atoms with E-state index in [1.54, 1.807) is 0 Å². The van der Waals surface area contributed by atoms with Crippen LogP contribution >= 0.6 is 0 Å². The van der Waals surface area contributed by atoms with Gasteiger partial charge in [0, 0.05) is 19.5 Å². The van der Waals surface area contributed by atoms with Crippen LogP contribution in [0.4, 0.5) is 0 Å². The average Bonchev–Trinajstić information content (AvgIpc) is 2.67. The minimum absolute atomic E-state index is 0.00528. The Morgan fingerprint density at radius 1 is 1.38 bits per heavy atom. The lowest BCUT2D eigenvalue weighted by Gasteiger charge is -2.22. The van der Waals surface area contributed by atoms with Gasteiger partial charge in [-0.3, -0.25) is 9.59 Å². The van der Waals surface area contributed by atoms with E-state index in [1.807, 2.05) is 13.8 Å². The predicted molar refractivity (Wildman–Crippen MR) is 62.0 cm³/mol. The summed E-state index contributed by atoms with van der Waals surface area (Å²) < 4.78 is 0. The summed E-state index contributed by atoms with van der Waals surface area (Å²) in [4.78, 5) is 22.9. The molecule has 1 aliphatic heterocycles. The van der Waals surface area contributed by atoms with Gasteiger partial charge in [-0.25, -0.2) is 0 Å². The van der Waals surface area contributed by atoms with E-state index < -0.39 is 5.54 Å². The van der Waals surface area contributed by atoms with Gasteiger partial charge in [-0.15, -0.1) is 0 Å². The predicted octanol–water partition coefficient (Wildman–Crippen LogP) is -0.229. The van der Waals surface area contributed by atoms with Crippen LogP contribution in [0.3, 0.4) is 0 Å². The van der Waals surface area contributed by atoms with Gasteiger partial charge in [-0.1, -0.05) is 0 Å². The monoisotopic (exact) mass is 227 g/mol. The van der Waals surface area contributed by atoms with Crippen molar-refractivity contribution in [1.29, 1.82) is 0 Å². The van der Waals surface area contributed by atoms with E-state index in [0.717, 1.165) is 19.4 Å². The third-order valence-corrected chi connectivity index (χ3v) is 2.88. The molecule has 2 amide bonds. The summed E-state index contributed by atoms with van der Waals surface area (Å²) in [5.74, 6) is -0.0263. The van der Waals surface area contributed by atoms with Crippen molar-refractivity contribution in [3.05, 3.63) is 0 Å². The first-order valence-corrected chi connectivity index (χ1v) is 5.88. The molecule has 1 aliphatic rings. The molecule has 0 aromatic carbocycles. The van der Waals surface area contributed by atoms with Gasteiger partial charge >= 0.3 is 0 Å². The molecular formula is C11H21N3O2. The summed E-state index contributed by atoms with van der Waals surface area (Å²) in [6, 6.07) is 0. The van der Waals surface area contributed by atoms with Gasteiger partial charge in [0.05, 0.1) is 5.54 Å². The summed E-state index contributed by atoms with van der Waals surface area (Å²) in [6.45, 7) is 5.70. The van der Waals surface area contributed by atoms with Crippen LogP contribution in [0.1, 0.15) is 33.1 Å². The van der Waals surface area contributed by atoms with Gasteiger partial charge < -0.3 is 16.0 Å². The Labute approximate surface area is 96.4 Å². The first-order chi connectivity index (χ1) is 7.58. The van der Waals surface area contributed by atoms with Crippen LogP contribution in [0.25, 0.3) is 0 Å². The first-order valence-electron chi connectivity index (χ1n) is 5.88. The number of amides is 2. The molecule has 0 aromatic rings. The van der Waals surface area contributed by atoms with Crippen LogP contribution in [0, 0.1) is 0 Å². The third-order valence-electron chi connectivity index (χ3n) is 2.88. The second-order valence-corrected chi connectivity index (χ2v) is 4.32. The fourth-order valence-electron chi connectivity index (χ4n) is 1.86. The minimum Gasteiger partial charge on any atom is -0.356 e. The maximum Gasteiger partial charge on any atom is 0.240 e. The molecule has 5 nitrogen and oxygen atoms in total. The maximum atomic E-state index is 11.8. The van der Waals surface area contributed by atoms with Crippen LogP contribution < -0.4 is 16.0 Å². The highest BCUT2D eigenvalue weighted by molar-refractivity contribution is 5.86. The molecular weight excluding hydrogens is 206 g/mol. The van der Waals surface area contributed by atoms with E-state index in [4.69, 9.17) is 0 Å². The van der Waals surface area contributed by atoms with Crippen molar-refractivity contribution in [2.24, 2.45) is 0 Å². The fraction of sp³-hybridized carbons (Fsp3) is 0.818. The number of carbonyl (C=O) groups excluding carboxylic acids is 2. The smallest absolute Gasteiger partial charge is 0.240 e. The third kappa shape index (κ3) is 3.48. The molecule has 1 unspecified atom stereocenters. The Morgan fingerprint density at radius 3 is 2.69 bits per heavy atom. The number of hydrogen-bond acceptors (Lipinski definition) is 3. The molecule has 0 bridgehead atoms. The molecule has 1 rings (SSSR count). The van der Waals surface area contributed by atoms with E-state index in [0.29, 0.717) is 19.5 Å². The summed E-state index contributed by atoms with van der Waals surface area (Å²) in [5.41, 5.74) is -0.443. The Kier molecular flexibility index (Phi) is 4.73. The second-order valence-electron chi connectivity index (χ2n) is 4.32. The van der Waals surface area contributed by atoms with E-state index >= 15 is 0 Å². The Hall–Kier alpha value is -1.10. The molecule has 0 spiro atoms. The van der Waals surface area contributed by atoms with Crippen molar-refractivity contribution in [1.82, 2.24) is 16.0 Å². The zero-order valence-corrected chi connectivity index (χ0v) is 10.1. The second kappa shape index (κ2) is 5.84. The summed E-state index contributed by atoms with van der Waals surface area (Å²) in [7, 11) is 0. The fourth-order valence-corrected chi connectivity index (χ4v) is 1.86. The molecule has 1 atom stereocenters. The van der Waals surface area contributed by atoms with E-state index in [1.165, 1.54) is 0 Å². The van der Waals surface area contributed by atoms with Crippen LogP contribution in [0.2, 0.25) is 0 Å². The van der Waals surface area contributed by atoms with Gasteiger partial charge in [0.1, 0.15) is 0 Å². The normalized spacial score (nSPS) is 24.1. The summed E-state index contributed by atoms with van der Waals surface area (Å²) in [5, 5.41) is 8.67. The summed E-state index contributed by atoms with van der Waals surface area (Å²) in [6.07, 6.45) is 2.23. The lowest BCUT2D eigenvalue weighted by molar-refractivity contribution is -0.126. The standard InChI is InChI=1S/C11H21N3O2/c1-3-12-9(15)5-8-13-10(16)11(2)6-4-7-14-11/h14H,3-8H2,1-2H3,(H,12,15)(H,13,16). The van der Waals surface area contributed by atoms with Gasteiger partial charge in [-0.2, -0.15) is 0 Å². The zero-order chi connectivity index (χ0) is 12.0. The average molecular weight is 227 g/mol. The summed E-state index contributed by atoms with van der Waals surface area (Å²) >= 11 is 0. The van der Waals surface area contributed by atoms with Crippen LogP contribution in [0.15, 0.2) is 0 Å². The number of nitrogens with one attached hydrogen (secondary N) is 3. The topological polar surface area (TPSA) is 70.2 Å². The molecule has 0 radical (unpaired) electrons. The van der Waals surface area contributed by atoms with E-state index in [2.05, 4.69) is 16.0 Å². The minimum atomic E-state index is -0.443.